The van der Waals surface area contributed by atoms with Crippen LogP contribution in [0, 0.1) is 11.8 Å². The number of aliphatic hydroxyl groups excluding tert-OH is 1. The zero-order valence-electron chi connectivity index (χ0n) is 25.6. The van der Waals surface area contributed by atoms with E-state index in [9.17, 15) is 41.0 Å². The Hall–Kier alpha value is -3.07. The third-order valence-electron chi connectivity index (χ3n) is 9.03. The van der Waals surface area contributed by atoms with Crippen molar-refractivity contribution in [3.8, 4) is 0 Å². The predicted octanol–water partition coefficient (Wildman–Crippen LogP) is 6.16. The number of amides is 2. The van der Waals surface area contributed by atoms with E-state index in [0.717, 1.165) is 24.5 Å². The third kappa shape index (κ3) is 6.54. The van der Waals surface area contributed by atoms with Crippen molar-refractivity contribution in [3.63, 3.8) is 0 Å². The molecule has 2 aromatic rings. The molecule has 5 aliphatic rings. The van der Waals surface area contributed by atoms with E-state index in [1.54, 1.807) is 20.8 Å². The summed E-state index contributed by atoms with van der Waals surface area (Å²) in [5.41, 5.74) is -1.42. The Balaban J connectivity index is 1.26. The summed E-state index contributed by atoms with van der Waals surface area (Å²) in [5, 5.41) is 11.3. The van der Waals surface area contributed by atoms with Crippen molar-refractivity contribution < 1.29 is 45.8 Å². The van der Waals surface area contributed by atoms with Crippen LogP contribution in [0.1, 0.15) is 56.9 Å². The van der Waals surface area contributed by atoms with E-state index < -0.39 is 66.0 Å². The molecule has 2 bridgehead atoms. The van der Waals surface area contributed by atoms with Gasteiger partial charge in [-0.25, -0.2) is 9.78 Å². The number of nitrogens with zero attached hydrogens (tertiary/aromatic N) is 4. The summed E-state index contributed by atoms with van der Waals surface area (Å²) in [6, 6.07) is -0.393. The Morgan fingerprint density at radius 3 is 2.30 bits per heavy atom. The molecule has 1 N–H and O–H groups in total. The molecule has 0 spiro atoms. The largest absolute Gasteiger partial charge is 0.444 e. The van der Waals surface area contributed by atoms with Crippen LogP contribution in [0.4, 0.5) is 36.8 Å². The van der Waals surface area contributed by atoms with Crippen LogP contribution in [0.15, 0.2) is 23.9 Å². The van der Waals surface area contributed by atoms with Gasteiger partial charge in [0.1, 0.15) is 16.5 Å². The summed E-state index contributed by atoms with van der Waals surface area (Å²) < 4.78 is 87.4. The van der Waals surface area contributed by atoms with Crippen LogP contribution in [0.2, 0.25) is 0 Å². The number of allylic oxidation sites excluding steroid dienone is 1. The number of alkyl halides is 6. The average Bonchev–Trinajstić information content (AvgIpc) is 3.68. The number of hydrogen-bond acceptors (Lipinski definition) is 7. The maximum absolute atomic E-state index is 14.2. The van der Waals surface area contributed by atoms with Crippen molar-refractivity contribution >= 4 is 39.2 Å². The first-order valence-electron chi connectivity index (χ1n) is 15.4. The first-order chi connectivity index (χ1) is 21.4. The molecule has 2 saturated carbocycles. The molecule has 3 saturated heterocycles. The number of pyridine rings is 1. The zero-order valence-corrected chi connectivity index (χ0v) is 26.4. The summed E-state index contributed by atoms with van der Waals surface area (Å²) in [6.07, 6.45) is -6.42. The molecule has 15 heteroatoms. The number of thiophene rings is 1. The van der Waals surface area contributed by atoms with Crippen LogP contribution < -0.4 is 4.90 Å². The molecule has 4 atom stereocenters. The molecule has 0 radical (unpaired) electrons. The van der Waals surface area contributed by atoms with E-state index in [1.807, 2.05) is 6.08 Å². The van der Waals surface area contributed by atoms with E-state index in [2.05, 4.69) is 4.98 Å². The van der Waals surface area contributed by atoms with Gasteiger partial charge in [0.2, 0.25) is 5.91 Å². The Bertz CT molecular complexity index is 1540. The molecular weight excluding hydrogens is 638 g/mol. The fourth-order valence-corrected chi connectivity index (χ4v) is 7.98. The van der Waals surface area contributed by atoms with Crippen LogP contribution in [0.5, 0.6) is 0 Å². The van der Waals surface area contributed by atoms with Crippen molar-refractivity contribution in [2.45, 2.75) is 89.0 Å². The summed E-state index contributed by atoms with van der Waals surface area (Å²) in [7, 11) is 0. The van der Waals surface area contributed by atoms with Crippen molar-refractivity contribution in [3.05, 3.63) is 34.4 Å². The monoisotopic (exact) mass is 674 g/mol. The number of ether oxygens (including phenoxy) is 1. The molecule has 1 unspecified atom stereocenters. The van der Waals surface area contributed by atoms with E-state index in [-0.39, 0.29) is 47.0 Å². The van der Waals surface area contributed by atoms with Gasteiger partial charge in [0.05, 0.1) is 29.8 Å². The quantitative estimate of drug-likeness (QED) is 0.309. The zero-order chi connectivity index (χ0) is 33.3. The first-order valence-corrected chi connectivity index (χ1v) is 16.2. The Kier molecular flexibility index (Phi) is 8.26. The third-order valence-corrected chi connectivity index (χ3v) is 10.1. The lowest BCUT2D eigenvalue weighted by molar-refractivity contribution is -0.148. The Morgan fingerprint density at radius 2 is 1.72 bits per heavy atom. The molecule has 7 rings (SSSR count). The standard InChI is InChI=1S/C31H36F6N4O4S/c1-29(2,3)45-28(44)41-22-7-6-18(25(42)19(22)12-16-4-5-16)24(41)27(43)40-10-8-39(9-11-40)23-20-13-17(14-30(32,33)34)46-26(20)38-15-21(23)31(35,36)37/h12-13,15-16,18,22,24-25,42H,4-11,14H2,1-3H3/b19-12+/t18-,22?,24-,25-/m0/s1. The lowest BCUT2D eigenvalue weighted by atomic mass is 9.69. The van der Waals surface area contributed by atoms with Crippen molar-refractivity contribution in [1.82, 2.24) is 14.8 Å². The van der Waals surface area contributed by atoms with Crippen LogP contribution >= 0.6 is 11.3 Å². The number of anilines is 1. The number of aromatic nitrogens is 1. The number of piperazine rings is 1. The second kappa shape index (κ2) is 11.6. The van der Waals surface area contributed by atoms with Gasteiger partial charge in [-0.2, -0.15) is 26.3 Å². The lowest BCUT2D eigenvalue weighted by Gasteiger charge is -2.54. The van der Waals surface area contributed by atoms with Gasteiger partial charge in [-0.3, -0.25) is 9.69 Å². The molecule has 0 aromatic carbocycles. The molecule has 252 valence electrons. The number of halogens is 6. The minimum atomic E-state index is -4.81. The van der Waals surface area contributed by atoms with E-state index >= 15 is 0 Å². The van der Waals surface area contributed by atoms with Crippen LogP contribution in [0.25, 0.3) is 10.2 Å². The number of carbonyl (C=O) groups excluding carboxylic acids is 2. The van der Waals surface area contributed by atoms with Gasteiger partial charge in [-0.15, -0.1) is 11.3 Å². The van der Waals surface area contributed by atoms with Gasteiger partial charge in [0.25, 0.3) is 0 Å². The second-order valence-electron chi connectivity index (χ2n) is 13.6. The summed E-state index contributed by atoms with van der Waals surface area (Å²) in [4.78, 5) is 35.9. The Labute approximate surface area is 266 Å². The molecule has 2 aromatic heterocycles. The Morgan fingerprint density at radius 1 is 1.04 bits per heavy atom. The smallest absolute Gasteiger partial charge is 0.419 e. The number of fused-ring (bicyclic) bond motifs is 4. The number of aliphatic hydroxyl groups is 1. The molecule has 2 amide bonds. The van der Waals surface area contributed by atoms with E-state index in [1.165, 1.54) is 14.7 Å². The SMILES string of the molecule is CC(C)(C)OC(=O)N1C2CC[C@H]([C@H](O)/C2=C/C2CC2)[C@H]1C(=O)N1CCN(c2c(C(F)(F)F)cnc3sc(CC(F)(F)F)cc23)CC1. The highest BCUT2D eigenvalue weighted by Gasteiger charge is 2.56. The lowest BCUT2D eigenvalue weighted by Crippen LogP contribution is -2.69. The fourth-order valence-electron chi connectivity index (χ4n) is 6.95. The topological polar surface area (TPSA) is 86.2 Å². The number of piperidine rings is 2. The highest BCUT2D eigenvalue weighted by atomic mass is 32.1. The maximum Gasteiger partial charge on any atom is 0.419 e. The molecule has 5 fully saturated rings. The summed E-state index contributed by atoms with van der Waals surface area (Å²) in [6.45, 7) is 5.15. The molecular formula is C31H36F6N4O4S. The molecule has 46 heavy (non-hydrogen) atoms. The number of rotatable bonds is 4. The van der Waals surface area contributed by atoms with Crippen molar-refractivity contribution in [2.75, 3.05) is 31.1 Å². The van der Waals surface area contributed by atoms with Gasteiger partial charge in [-0.05, 0) is 64.0 Å². The van der Waals surface area contributed by atoms with Crippen molar-refractivity contribution in [1.29, 1.82) is 0 Å². The average molecular weight is 675 g/mol. The minimum absolute atomic E-state index is 0.0103. The summed E-state index contributed by atoms with van der Waals surface area (Å²) in [5.74, 6) is -0.646. The number of carbonyl (C=O) groups is 2. The van der Waals surface area contributed by atoms with Gasteiger partial charge >= 0.3 is 18.4 Å². The van der Waals surface area contributed by atoms with Crippen LogP contribution in [0.3, 0.4) is 0 Å². The maximum atomic E-state index is 14.2. The first kappa shape index (κ1) is 32.9. The number of hydrogen-bond donors (Lipinski definition) is 1. The van der Waals surface area contributed by atoms with Gasteiger partial charge in [0, 0.05) is 48.6 Å². The second-order valence-corrected chi connectivity index (χ2v) is 14.7. The normalized spacial score (nSPS) is 26.7. The van der Waals surface area contributed by atoms with Gasteiger partial charge < -0.3 is 19.6 Å². The van der Waals surface area contributed by atoms with Crippen LogP contribution in [-0.2, 0) is 22.1 Å². The van der Waals surface area contributed by atoms with Crippen LogP contribution in [-0.4, -0.2) is 88.0 Å². The summed E-state index contributed by atoms with van der Waals surface area (Å²) >= 11 is 0.700. The molecule has 5 heterocycles. The highest BCUT2D eigenvalue weighted by Crippen LogP contribution is 2.47. The van der Waals surface area contributed by atoms with E-state index in [4.69, 9.17) is 4.74 Å². The molecule has 8 nitrogen and oxygen atoms in total. The van der Waals surface area contributed by atoms with Crippen molar-refractivity contribution in [2.24, 2.45) is 11.8 Å². The minimum Gasteiger partial charge on any atom is -0.444 e. The van der Waals surface area contributed by atoms with Gasteiger partial charge in [-0.1, -0.05) is 6.08 Å². The van der Waals surface area contributed by atoms with E-state index in [0.29, 0.717) is 36.3 Å². The highest BCUT2D eigenvalue weighted by molar-refractivity contribution is 7.18. The fraction of sp³-hybridized carbons (Fsp3) is 0.645. The molecule has 2 aliphatic carbocycles. The molecule has 3 aliphatic heterocycles. The predicted molar refractivity (Wildman–Crippen MR) is 158 cm³/mol. The van der Waals surface area contributed by atoms with Gasteiger partial charge in [0.15, 0.2) is 0 Å².